The molecule has 1 aromatic carbocycles. The fourth-order valence-corrected chi connectivity index (χ4v) is 2.42. The monoisotopic (exact) mass is 220 g/mol. The maximum absolute atomic E-state index is 13.3. The molecule has 0 aromatic heterocycles. The summed E-state index contributed by atoms with van der Waals surface area (Å²) < 4.78 is 13.3. The first-order valence-corrected chi connectivity index (χ1v) is 5.92. The third kappa shape index (κ3) is 2.49. The minimum absolute atomic E-state index is 0.0820. The second kappa shape index (κ2) is 4.77. The lowest BCUT2D eigenvalue weighted by Gasteiger charge is -2.24. The molecule has 0 radical (unpaired) electrons. The highest BCUT2D eigenvalue weighted by Gasteiger charge is 2.22. The molecule has 1 nitrogen and oxygen atoms in total. The topological polar surface area (TPSA) is 17.1 Å². The Kier molecular flexibility index (Phi) is 3.37. The largest absolute Gasteiger partial charge is 0.295 e. The summed E-state index contributed by atoms with van der Waals surface area (Å²) in [7, 11) is 0. The molecule has 1 saturated carbocycles. The van der Waals surface area contributed by atoms with Crippen LogP contribution in [0.15, 0.2) is 24.3 Å². The quantitative estimate of drug-likeness (QED) is 0.691. The molecule has 2 rings (SSSR count). The van der Waals surface area contributed by atoms with Gasteiger partial charge in [0.2, 0.25) is 0 Å². The third-order valence-corrected chi connectivity index (χ3v) is 3.40. The number of halogens is 1. The first-order chi connectivity index (χ1) is 7.66. The highest BCUT2D eigenvalue weighted by molar-refractivity contribution is 5.94. The van der Waals surface area contributed by atoms with Gasteiger partial charge in [-0.25, -0.2) is 4.39 Å². The Balaban J connectivity index is 2.11. The van der Waals surface area contributed by atoms with E-state index in [1.165, 1.54) is 5.56 Å². The fraction of sp³-hybridized carbons (Fsp3) is 0.500. The van der Waals surface area contributed by atoms with Crippen LogP contribution in [-0.4, -0.2) is 12.0 Å². The van der Waals surface area contributed by atoms with Crippen molar-refractivity contribution in [2.75, 3.05) is 0 Å². The number of carbonyl (C=O) groups is 1. The van der Waals surface area contributed by atoms with Crippen molar-refractivity contribution in [3.05, 3.63) is 35.4 Å². The number of alkyl halides is 1. The van der Waals surface area contributed by atoms with Gasteiger partial charge in [0.05, 0.1) is 0 Å². The van der Waals surface area contributed by atoms with Gasteiger partial charge in [-0.2, -0.15) is 0 Å². The van der Waals surface area contributed by atoms with Crippen LogP contribution in [0.5, 0.6) is 0 Å². The number of rotatable bonds is 2. The van der Waals surface area contributed by atoms with Gasteiger partial charge in [0.25, 0.3) is 0 Å². The second-order valence-corrected chi connectivity index (χ2v) is 4.64. The smallest absolute Gasteiger partial charge is 0.159 e. The number of hydrogen-bond acceptors (Lipinski definition) is 1. The molecule has 0 aliphatic heterocycles. The van der Waals surface area contributed by atoms with Crippen LogP contribution in [-0.2, 0) is 0 Å². The Morgan fingerprint density at radius 1 is 1.25 bits per heavy atom. The minimum Gasteiger partial charge on any atom is -0.295 e. The Bertz CT molecular complexity index is 369. The molecule has 0 spiro atoms. The minimum atomic E-state index is -0.647. The number of Topliss-reactive ketones (excluding diaryl/α,β-unsaturated/α-hetero) is 1. The molecule has 86 valence electrons. The van der Waals surface area contributed by atoms with Crippen LogP contribution in [0, 0.1) is 0 Å². The average Bonchev–Trinajstić information content (AvgIpc) is 2.29. The van der Waals surface area contributed by atoms with Crippen LogP contribution in [0.1, 0.15) is 54.4 Å². The van der Waals surface area contributed by atoms with E-state index in [2.05, 4.69) is 0 Å². The highest BCUT2D eigenvalue weighted by atomic mass is 19.1. The molecule has 2 unspecified atom stereocenters. The van der Waals surface area contributed by atoms with Crippen molar-refractivity contribution in [2.45, 2.75) is 44.7 Å². The lowest BCUT2D eigenvalue weighted by Crippen LogP contribution is -2.14. The summed E-state index contributed by atoms with van der Waals surface area (Å²) >= 11 is 0. The molecule has 0 amide bonds. The number of benzene rings is 1. The van der Waals surface area contributed by atoms with E-state index in [0.717, 1.165) is 18.4 Å². The molecular formula is C14H17FO. The lowest BCUT2D eigenvalue weighted by molar-refractivity contribution is 0.101. The van der Waals surface area contributed by atoms with Crippen LogP contribution < -0.4 is 0 Å². The molecule has 0 heterocycles. The van der Waals surface area contributed by atoms with Crippen LogP contribution in [0.3, 0.4) is 0 Å². The van der Waals surface area contributed by atoms with Gasteiger partial charge in [-0.3, -0.25) is 4.79 Å². The van der Waals surface area contributed by atoms with Crippen LogP contribution in [0.4, 0.5) is 4.39 Å². The second-order valence-electron chi connectivity index (χ2n) is 4.64. The Morgan fingerprint density at radius 2 is 1.94 bits per heavy atom. The number of carbonyl (C=O) groups excluding carboxylic acids is 1. The van der Waals surface area contributed by atoms with Crippen molar-refractivity contribution in [3.63, 3.8) is 0 Å². The third-order valence-electron chi connectivity index (χ3n) is 3.40. The van der Waals surface area contributed by atoms with Crippen LogP contribution >= 0.6 is 0 Å². The summed E-state index contributed by atoms with van der Waals surface area (Å²) in [5.74, 6) is 0.420. The predicted octanol–water partition coefficient (Wildman–Crippen LogP) is 3.88. The maximum Gasteiger partial charge on any atom is 0.159 e. The van der Waals surface area contributed by atoms with Gasteiger partial charge in [0.15, 0.2) is 5.78 Å². The summed E-state index contributed by atoms with van der Waals surface area (Å²) in [6.07, 6.45) is 2.74. The first kappa shape index (κ1) is 11.3. The summed E-state index contributed by atoms with van der Waals surface area (Å²) in [6.45, 7) is 1.56. The van der Waals surface area contributed by atoms with Gasteiger partial charge in [-0.05, 0) is 44.1 Å². The van der Waals surface area contributed by atoms with Gasteiger partial charge >= 0.3 is 0 Å². The predicted molar refractivity (Wildman–Crippen MR) is 62.6 cm³/mol. The zero-order valence-corrected chi connectivity index (χ0v) is 9.58. The Morgan fingerprint density at radius 3 is 2.50 bits per heavy atom. The van der Waals surface area contributed by atoms with Gasteiger partial charge in [0, 0.05) is 5.56 Å². The summed E-state index contributed by atoms with van der Waals surface area (Å²) in [5.41, 5.74) is 1.91. The Labute approximate surface area is 95.7 Å². The van der Waals surface area contributed by atoms with E-state index >= 15 is 0 Å². The van der Waals surface area contributed by atoms with Crippen molar-refractivity contribution < 1.29 is 9.18 Å². The summed E-state index contributed by atoms with van der Waals surface area (Å²) in [5, 5.41) is 0. The molecular weight excluding hydrogens is 203 g/mol. The number of ketones is 1. The van der Waals surface area contributed by atoms with Gasteiger partial charge in [-0.1, -0.05) is 24.3 Å². The zero-order valence-electron chi connectivity index (χ0n) is 9.58. The summed E-state index contributed by atoms with van der Waals surface area (Å²) in [6, 6.07) is 7.64. The molecule has 0 N–H and O–H groups in total. The maximum atomic E-state index is 13.3. The van der Waals surface area contributed by atoms with Crippen LogP contribution in [0.25, 0.3) is 0 Å². The van der Waals surface area contributed by atoms with E-state index in [4.69, 9.17) is 0 Å². The van der Waals surface area contributed by atoms with Crippen LogP contribution in [0.2, 0.25) is 0 Å². The van der Waals surface area contributed by atoms with Crippen molar-refractivity contribution in [2.24, 2.45) is 0 Å². The molecule has 2 heteroatoms. The molecule has 16 heavy (non-hydrogen) atoms. The van der Waals surface area contributed by atoms with Crippen molar-refractivity contribution in [1.82, 2.24) is 0 Å². The molecule has 1 aliphatic rings. The van der Waals surface area contributed by atoms with E-state index in [9.17, 15) is 9.18 Å². The van der Waals surface area contributed by atoms with Crippen molar-refractivity contribution in [1.29, 1.82) is 0 Å². The molecule has 1 aliphatic carbocycles. The van der Waals surface area contributed by atoms with E-state index in [0.29, 0.717) is 18.8 Å². The molecule has 0 bridgehead atoms. The molecule has 1 fully saturated rings. The zero-order chi connectivity index (χ0) is 11.5. The average molecular weight is 220 g/mol. The van der Waals surface area contributed by atoms with E-state index in [-0.39, 0.29) is 5.78 Å². The van der Waals surface area contributed by atoms with E-state index in [1.54, 1.807) is 6.92 Å². The van der Waals surface area contributed by atoms with Gasteiger partial charge in [-0.15, -0.1) is 0 Å². The SMILES string of the molecule is CC(=O)c1ccc(C2CCCC(F)C2)cc1. The van der Waals surface area contributed by atoms with E-state index < -0.39 is 6.17 Å². The highest BCUT2D eigenvalue weighted by Crippen LogP contribution is 2.34. The lowest BCUT2D eigenvalue weighted by atomic mass is 9.83. The van der Waals surface area contributed by atoms with Crippen molar-refractivity contribution >= 4 is 5.78 Å². The van der Waals surface area contributed by atoms with Gasteiger partial charge < -0.3 is 0 Å². The van der Waals surface area contributed by atoms with Gasteiger partial charge in [0.1, 0.15) is 6.17 Å². The summed E-state index contributed by atoms with van der Waals surface area (Å²) in [4.78, 5) is 11.1. The normalized spacial score (nSPS) is 25.4. The first-order valence-electron chi connectivity index (χ1n) is 5.92. The molecule has 1 aromatic rings. The Hall–Kier alpha value is -1.18. The molecule has 0 saturated heterocycles. The number of hydrogen-bond donors (Lipinski definition) is 0. The molecule has 2 atom stereocenters. The van der Waals surface area contributed by atoms with Crippen molar-refractivity contribution in [3.8, 4) is 0 Å². The standard InChI is InChI=1S/C14H17FO/c1-10(16)11-5-7-12(8-6-11)13-3-2-4-14(15)9-13/h5-8,13-14H,2-4,9H2,1H3. The fourth-order valence-electron chi connectivity index (χ4n) is 2.42. The van der Waals surface area contributed by atoms with E-state index in [1.807, 2.05) is 24.3 Å².